The van der Waals surface area contributed by atoms with Crippen molar-refractivity contribution >= 4 is 17.9 Å². The second-order valence-corrected chi connectivity index (χ2v) is 6.66. The third kappa shape index (κ3) is 4.61. The number of ether oxygens (including phenoxy) is 2. The van der Waals surface area contributed by atoms with Crippen LogP contribution < -0.4 is 9.47 Å². The number of benzene rings is 1. The molecule has 0 saturated heterocycles. The van der Waals surface area contributed by atoms with E-state index in [0.29, 0.717) is 29.3 Å². The highest BCUT2D eigenvalue weighted by Crippen LogP contribution is 2.31. The van der Waals surface area contributed by atoms with Crippen molar-refractivity contribution in [3.63, 3.8) is 0 Å². The van der Waals surface area contributed by atoms with Gasteiger partial charge in [0, 0.05) is 12.6 Å². The minimum Gasteiger partial charge on any atom is -0.493 e. The van der Waals surface area contributed by atoms with Gasteiger partial charge in [0.15, 0.2) is 11.5 Å². The Labute approximate surface area is 166 Å². The maximum atomic E-state index is 12.5. The predicted octanol–water partition coefficient (Wildman–Crippen LogP) is 3.88. The van der Waals surface area contributed by atoms with Gasteiger partial charge in [0.05, 0.1) is 13.7 Å². The van der Waals surface area contributed by atoms with Crippen LogP contribution in [-0.4, -0.2) is 37.5 Å². The van der Waals surface area contributed by atoms with Crippen molar-refractivity contribution in [1.82, 2.24) is 4.90 Å². The number of nitriles is 1. The number of likely N-dealkylation sites (N-methyl/N-ethyl adjacent to an activating group) is 1. The molecule has 0 spiro atoms. The molecule has 6 nitrogen and oxygen atoms in total. The molecule has 1 aliphatic rings. The molecule has 0 saturated carbocycles. The van der Waals surface area contributed by atoms with Crippen molar-refractivity contribution < 1.29 is 19.1 Å². The molecule has 148 valence electrons. The molecule has 2 amide bonds. The van der Waals surface area contributed by atoms with Crippen LogP contribution in [0.15, 0.2) is 34.9 Å². The fourth-order valence-electron chi connectivity index (χ4n) is 2.97. The van der Waals surface area contributed by atoms with Gasteiger partial charge in [-0.05, 0) is 42.7 Å². The Kier molecular flexibility index (Phi) is 7.39. The molecule has 0 bridgehead atoms. The number of amides is 2. The molecular formula is C22H26N2O4. The monoisotopic (exact) mass is 382 g/mol. The first-order chi connectivity index (χ1) is 13.4. The molecule has 1 aromatic carbocycles. The summed E-state index contributed by atoms with van der Waals surface area (Å²) in [6.45, 7) is 4.39. The Hall–Kier alpha value is -3.07. The summed E-state index contributed by atoms with van der Waals surface area (Å²) < 4.78 is 11.2. The summed E-state index contributed by atoms with van der Waals surface area (Å²) in [6.07, 6.45) is 6.14. The number of imide groups is 1. The summed E-state index contributed by atoms with van der Waals surface area (Å²) in [6, 6.07) is 7.29. The van der Waals surface area contributed by atoms with Crippen LogP contribution in [0, 0.1) is 11.3 Å². The zero-order chi connectivity index (χ0) is 20.7. The van der Waals surface area contributed by atoms with Crippen molar-refractivity contribution in [2.45, 2.75) is 39.5 Å². The van der Waals surface area contributed by atoms with Crippen LogP contribution in [0.1, 0.15) is 45.1 Å². The Balaban J connectivity index is 2.28. The Morgan fingerprint density at radius 2 is 1.89 bits per heavy atom. The topological polar surface area (TPSA) is 79.6 Å². The van der Waals surface area contributed by atoms with Gasteiger partial charge in [-0.1, -0.05) is 32.3 Å². The van der Waals surface area contributed by atoms with E-state index in [0.717, 1.165) is 23.3 Å². The molecule has 0 N–H and O–H groups in total. The molecule has 0 unspecified atom stereocenters. The van der Waals surface area contributed by atoms with E-state index in [-0.39, 0.29) is 5.57 Å². The lowest BCUT2D eigenvalue weighted by atomic mass is 9.94. The summed E-state index contributed by atoms with van der Waals surface area (Å²) >= 11 is 0. The number of rotatable bonds is 8. The van der Waals surface area contributed by atoms with E-state index in [1.165, 1.54) is 19.9 Å². The van der Waals surface area contributed by atoms with Gasteiger partial charge in [-0.15, -0.1) is 0 Å². The second kappa shape index (κ2) is 9.75. The van der Waals surface area contributed by atoms with Gasteiger partial charge in [-0.25, -0.2) is 0 Å². The number of hydrogen-bond donors (Lipinski definition) is 0. The highest BCUT2D eigenvalue weighted by molar-refractivity contribution is 6.19. The summed E-state index contributed by atoms with van der Waals surface area (Å²) in [5.74, 6) is 0.205. The van der Waals surface area contributed by atoms with Crippen molar-refractivity contribution in [1.29, 1.82) is 5.26 Å². The van der Waals surface area contributed by atoms with Crippen LogP contribution in [-0.2, 0) is 9.59 Å². The molecular weight excluding hydrogens is 356 g/mol. The summed E-state index contributed by atoms with van der Waals surface area (Å²) in [4.78, 5) is 25.5. The molecule has 0 aliphatic carbocycles. The second-order valence-electron chi connectivity index (χ2n) is 6.66. The standard InChI is InChI=1S/C22H26N2O4/c1-5-6-7-8-11-28-19-10-9-16(13-20(19)27-4)12-17-15(2)18(14-23)22(26)24(3)21(17)25/h9-10,12-13H,5-8,11H2,1-4H3/b17-12+. The molecule has 1 aliphatic heterocycles. The van der Waals surface area contributed by atoms with Crippen LogP contribution >= 0.6 is 0 Å². The van der Waals surface area contributed by atoms with Gasteiger partial charge in [0.2, 0.25) is 0 Å². The Morgan fingerprint density at radius 1 is 1.14 bits per heavy atom. The molecule has 28 heavy (non-hydrogen) atoms. The molecule has 0 aromatic heterocycles. The van der Waals surface area contributed by atoms with E-state index in [1.54, 1.807) is 32.2 Å². The first-order valence-electron chi connectivity index (χ1n) is 9.40. The molecule has 6 heteroatoms. The third-order valence-corrected chi connectivity index (χ3v) is 4.70. The number of nitrogens with zero attached hydrogens (tertiary/aromatic N) is 2. The lowest BCUT2D eigenvalue weighted by Gasteiger charge is -2.23. The average Bonchev–Trinajstić information content (AvgIpc) is 2.70. The van der Waals surface area contributed by atoms with Crippen molar-refractivity contribution in [2.75, 3.05) is 20.8 Å². The van der Waals surface area contributed by atoms with Crippen molar-refractivity contribution in [3.8, 4) is 17.6 Å². The molecule has 0 radical (unpaired) electrons. The lowest BCUT2D eigenvalue weighted by Crippen LogP contribution is -2.39. The van der Waals surface area contributed by atoms with Crippen LogP contribution in [0.2, 0.25) is 0 Å². The number of methoxy groups -OCH3 is 1. The van der Waals surface area contributed by atoms with Crippen LogP contribution in [0.5, 0.6) is 11.5 Å². The zero-order valence-corrected chi connectivity index (χ0v) is 16.9. The van der Waals surface area contributed by atoms with Crippen molar-refractivity contribution in [2.24, 2.45) is 0 Å². The summed E-state index contributed by atoms with van der Waals surface area (Å²) in [7, 11) is 2.94. The third-order valence-electron chi connectivity index (χ3n) is 4.70. The summed E-state index contributed by atoms with van der Waals surface area (Å²) in [5, 5.41) is 9.24. The highest BCUT2D eigenvalue weighted by atomic mass is 16.5. The van der Waals surface area contributed by atoms with Gasteiger partial charge in [0.25, 0.3) is 11.8 Å². The van der Waals surface area contributed by atoms with E-state index >= 15 is 0 Å². The normalized spacial score (nSPS) is 15.8. The van der Waals surface area contributed by atoms with E-state index in [2.05, 4.69) is 6.92 Å². The molecule has 0 atom stereocenters. The number of carbonyl (C=O) groups is 2. The first-order valence-corrected chi connectivity index (χ1v) is 9.40. The number of carbonyl (C=O) groups excluding carboxylic acids is 2. The largest absolute Gasteiger partial charge is 0.493 e. The Bertz CT molecular complexity index is 862. The molecule has 0 fully saturated rings. The molecule has 1 heterocycles. The first kappa shape index (κ1) is 21.2. The van der Waals surface area contributed by atoms with Gasteiger partial charge < -0.3 is 9.47 Å². The number of unbranched alkanes of at least 4 members (excludes halogenated alkanes) is 3. The average molecular weight is 382 g/mol. The molecule has 2 rings (SSSR count). The van der Waals surface area contributed by atoms with Crippen LogP contribution in [0.3, 0.4) is 0 Å². The van der Waals surface area contributed by atoms with Gasteiger partial charge in [-0.3, -0.25) is 14.5 Å². The number of hydrogen-bond acceptors (Lipinski definition) is 5. The van der Waals surface area contributed by atoms with Gasteiger partial charge in [-0.2, -0.15) is 5.26 Å². The maximum absolute atomic E-state index is 12.5. The quantitative estimate of drug-likeness (QED) is 0.387. The fraction of sp³-hybridized carbons (Fsp3) is 0.409. The molecule has 1 aromatic rings. The van der Waals surface area contributed by atoms with E-state index in [4.69, 9.17) is 9.47 Å². The maximum Gasteiger partial charge on any atom is 0.271 e. The van der Waals surface area contributed by atoms with Crippen molar-refractivity contribution in [3.05, 3.63) is 40.5 Å². The minimum atomic E-state index is -0.577. The zero-order valence-electron chi connectivity index (χ0n) is 16.9. The fourth-order valence-corrected chi connectivity index (χ4v) is 2.97. The highest BCUT2D eigenvalue weighted by Gasteiger charge is 2.32. The van der Waals surface area contributed by atoms with Gasteiger partial charge in [0.1, 0.15) is 11.6 Å². The lowest BCUT2D eigenvalue weighted by molar-refractivity contribution is -0.138. The SMILES string of the molecule is CCCCCCOc1ccc(/C=C2/C(=O)N(C)C(=O)C(C#N)=C2C)cc1OC. The minimum absolute atomic E-state index is 0.0210. The van der Waals surface area contributed by atoms with Crippen LogP contribution in [0.4, 0.5) is 0 Å². The Morgan fingerprint density at radius 3 is 2.54 bits per heavy atom. The van der Waals surface area contributed by atoms with E-state index in [9.17, 15) is 14.9 Å². The van der Waals surface area contributed by atoms with Gasteiger partial charge >= 0.3 is 0 Å². The summed E-state index contributed by atoms with van der Waals surface area (Å²) in [5.41, 5.74) is 1.39. The van der Waals surface area contributed by atoms with E-state index < -0.39 is 11.8 Å². The smallest absolute Gasteiger partial charge is 0.271 e. The van der Waals surface area contributed by atoms with Crippen LogP contribution in [0.25, 0.3) is 6.08 Å². The van der Waals surface area contributed by atoms with E-state index in [1.807, 2.05) is 12.1 Å². The predicted molar refractivity (Wildman–Crippen MR) is 107 cm³/mol.